The van der Waals surface area contributed by atoms with Crippen molar-refractivity contribution in [1.29, 1.82) is 0 Å². The van der Waals surface area contributed by atoms with Gasteiger partial charge < -0.3 is 25.6 Å². The molecule has 0 saturated heterocycles. The minimum atomic E-state index is -0.586. The van der Waals surface area contributed by atoms with Gasteiger partial charge in [-0.25, -0.2) is 0 Å². The molecule has 0 spiro atoms. The highest BCUT2D eigenvalue weighted by Gasteiger charge is 2.15. The van der Waals surface area contributed by atoms with E-state index in [2.05, 4.69) is 21.2 Å². The Bertz CT molecular complexity index is 1100. The molecule has 3 rings (SSSR count). The standard InChI is InChI=1S/C25H26BrClN2O4/c1-16(13-30)29-12-19-10-21(27)23(11-22(19)33-15-24(28)31)32-14-18-8-5-9-20(25(18)26)17-6-3-2-4-7-17/h2-11,16,29-30H,12-15H2,1H3,(H2,28,31)/t16-/m1/s1. The first kappa shape index (κ1) is 25.1. The number of hydrogen-bond acceptors (Lipinski definition) is 5. The summed E-state index contributed by atoms with van der Waals surface area (Å²) in [5, 5.41) is 12.8. The van der Waals surface area contributed by atoms with Crippen LogP contribution in [-0.2, 0) is 17.9 Å². The number of ether oxygens (including phenoxy) is 2. The minimum absolute atomic E-state index is 0.0106. The maximum atomic E-state index is 11.2. The maximum Gasteiger partial charge on any atom is 0.255 e. The highest BCUT2D eigenvalue weighted by atomic mass is 79.9. The van der Waals surface area contributed by atoms with E-state index >= 15 is 0 Å². The first-order valence-corrected chi connectivity index (χ1v) is 11.6. The number of primary amides is 1. The van der Waals surface area contributed by atoms with Gasteiger partial charge in [-0.1, -0.05) is 60.1 Å². The van der Waals surface area contributed by atoms with Crippen LogP contribution < -0.4 is 20.5 Å². The predicted octanol–water partition coefficient (Wildman–Crippen LogP) is 4.68. The molecule has 0 bridgehead atoms. The number of carbonyl (C=O) groups is 1. The molecule has 0 heterocycles. The molecule has 0 fully saturated rings. The zero-order valence-corrected chi connectivity index (χ0v) is 20.5. The van der Waals surface area contributed by atoms with Gasteiger partial charge in [0.25, 0.3) is 5.91 Å². The normalized spacial score (nSPS) is 11.8. The highest BCUT2D eigenvalue weighted by Crippen LogP contribution is 2.35. The molecular weight excluding hydrogens is 508 g/mol. The molecule has 3 aromatic rings. The second-order valence-corrected chi connectivity index (χ2v) is 8.74. The fourth-order valence-electron chi connectivity index (χ4n) is 3.14. The van der Waals surface area contributed by atoms with Crippen molar-refractivity contribution in [3.8, 4) is 22.6 Å². The van der Waals surface area contributed by atoms with Crippen LogP contribution in [0.2, 0.25) is 5.02 Å². The average Bonchev–Trinajstić information content (AvgIpc) is 2.82. The molecule has 0 aromatic heterocycles. The third-order valence-corrected chi connectivity index (χ3v) is 6.18. The topological polar surface area (TPSA) is 93.8 Å². The summed E-state index contributed by atoms with van der Waals surface area (Å²) in [5.74, 6) is 0.270. The smallest absolute Gasteiger partial charge is 0.255 e. The molecule has 0 aliphatic carbocycles. The zero-order chi connectivity index (χ0) is 23.8. The van der Waals surface area contributed by atoms with Crippen molar-refractivity contribution in [2.45, 2.75) is 26.1 Å². The van der Waals surface area contributed by atoms with Crippen LogP contribution in [0.4, 0.5) is 0 Å². The van der Waals surface area contributed by atoms with Gasteiger partial charge in [0.1, 0.15) is 18.1 Å². The van der Waals surface area contributed by atoms with Crippen molar-refractivity contribution in [2.24, 2.45) is 5.73 Å². The van der Waals surface area contributed by atoms with Gasteiger partial charge >= 0.3 is 0 Å². The van der Waals surface area contributed by atoms with Gasteiger partial charge in [0.05, 0.1) is 11.6 Å². The molecule has 6 nitrogen and oxygen atoms in total. The summed E-state index contributed by atoms with van der Waals surface area (Å²) in [4.78, 5) is 11.2. The summed E-state index contributed by atoms with van der Waals surface area (Å²) in [5.41, 5.74) is 9.08. The molecule has 3 aromatic carbocycles. The number of hydrogen-bond donors (Lipinski definition) is 3. The van der Waals surface area contributed by atoms with Crippen molar-refractivity contribution in [1.82, 2.24) is 5.32 Å². The molecule has 0 unspecified atom stereocenters. The summed E-state index contributed by atoms with van der Waals surface area (Å²) >= 11 is 10.2. The number of nitrogens with one attached hydrogen (secondary N) is 1. The van der Waals surface area contributed by atoms with Crippen molar-refractivity contribution >= 4 is 33.4 Å². The summed E-state index contributed by atoms with van der Waals surface area (Å²) in [6.07, 6.45) is 0. The summed E-state index contributed by atoms with van der Waals surface area (Å²) in [7, 11) is 0. The average molecular weight is 534 g/mol. The number of aliphatic hydroxyl groups excluding tert-OH is 1. The number of carbonyl (C=O) groups excluding carboxylic acids is 1. The molecule has 1 atom stereocenters. The Labute approximate surface area is 206 Å². The third-order valence-electron chi connectivity index (χ3n) is 4.95. The van der Waals surface area contributed by atoms with E-state index in [9.17, 15) is 9.90 Å². The molecule has 0 aliphatic rings. The van der Waals surface area contributed by atoms with Crippen molar-refractivity contribution in [3.63, 3.8) is 0 Å². The van der Waals surface area contributed by atoms with Crippen LogP contribution in [-0.4, -0.2) is 30.3 Å². The first-order valence-electron chi connectivity index (χ1n) is 10.4. The van der Waals surface area contributed by atoms with Crippen molar-refractivity contribution in [2.75, 3.05) is 13.2 Å². The molecule has 0 radical (unpaired) electrons. The van der Waals surface area contributed by atoms with Crippen LogP contribution in [0.25, 0.3) is 11.1 Å². The Hall–Kier alpha value is -2.58. The van der Waals surface area contributed by atoms with E-state index < -0.39 is 5.91 Å². The molecule has 8 heteroatoms. The number of aliphatic hydroxyl groups is 1. The number of halogens is 2. The van der Waals surface area contributed by atoms with Gasteiger partial charge in [-0.15, -0.1) is 0 Å². The van der Waals surface area contributed by atoms with Crippen molar-refractivity contribution in [3.05, 3.63) is 81.3 Å². The largest absolute Gasteiger partial charge is 0.487 e. The van der Waals surface area contributed by atoms with Crippen LogP contribution in [0.5, 0.6) is 11.5 Å². The van der Waals surface area contributed by atoms with Crippen LogP contribution in [0.3, 0.4) is 0 Å². The Balaban J connectivity index is 1.82. The van der Waals surface area contributed by atoms with E-state index in [-0.39, 0.29) is 25.9 Å². The van der Waals surface area contributed by atoms with E-state index in [0.29, 0.717) is 23.1 Å². The van der Waals surface area contributed by atoms with Crippen LogP contribution in [0.1, 0.15) is 18.1 Å². The van der Waals surface area contributed by atoms with E-state index in [1.807, 2.05) is 55.5 Å². The van der Waals surface area contributed by atoms with Gasteiger partial charge in [-0.05, 0) is 40.0 Å². The SMILES string of the molecule is C[C@H](CO)NCc1cc(Cl)c(OCc2cccc(-c3ccccc3)c2Br)cc1OCC(N)=O. The van der Waals surface area contributed by atoms with Crippen LogP contribution in [0.15, 0.2) is 65.1 Å². The lowest BCUT2D eigenvalue weighted by atomic mass is 10.0. The number of rotatable bonds is 11. The first-order chi connectivity index (χ1) is 15.9. The number of nitrogens with two attached hydrogens (primary N) is 1. The van der Waals surface area contributed by atoms with Gasteiger partial charge in [0, 0.05) is 34.3 Å². The Morgan fingerprint density at radius 1 is 1.09 bits per heavy atom. The maximum absolute atomic E-state index is 11.2. The van der Waals surface area contributed by atoms with Crippen LogP contribution in [0, 0.1) is 0 Å². The summed E-state index contributed by atoms with van der Waals surface area (Å²) < 4.78 is 12.6. The Kier molecular flexibility index (Phi) is 9.14. The molecule has 174 valence electrons. The summed E-state index contributed by atoms with van der Waals surface area (Å²) in [6, 6.07) is 19.3. The summed E-state index contributed by atoms with van der Waals surface area (Å²) in [6.45, 7) is 2.23. The highest BCUT2D eigenvalue weighted by molar-refractivity contribution is 9.10. The van der Waals surface area contributed by atoms with Crippen molar-refractivity contribution < 1.29 is 19.4 Å². The quantitative estimate of drug-likeness (QED) is 0.333. The molecule has 1 amide bonds. The molecular formula is C25H26BrClN2O4. The fraction of sp³-hybridized carbons (Fsp3) is 0.240. The Morgan fingerprint density at radius 2 is 1.85 bits per heavy atom. The molecule has 33 heavy (non-hydrogen) atoms. The lowest BCUT2D eigenvalue weighted by Gasteiger charge is -2.17. The second-order valence-electron chi connectivity index (χ2n) is 7.54. The molecule has 0 saturated carbocycles. The van der Waals surface area contributed by atoms with E-state index in [1.165, 1.54) is 0 Å². The monoisotopic (exact) mass is 532 g/mol. The lowest BCUT2D eigenvalue weighted by Crippen LogP contribution is -2.29. The second kappa shape index (κ2) is 12.0. The van der Waals surface area contributed by atoms with Gasteiger partial charge in [-0.3, -0.25) is 4.79 Å². The Morgan fingerprint density at radius 3 is 2.55 bits per heavy atom. The lowest BCUT2D eigenvalue weighted by molar-refractivity contribution is -0.119. The van der Waals surface area contributed by atoms with Gasteiger partial charge in [-0.2, -0.15) is 0 Å². The van der Waals surface area contributed by atoms with E-state index in [1.54, 1.807) is 12.1 Å². The number of benzene rings is 3. The number of amides is 1. The third kappa shape index (κ3) is 6.95. The molecule has 4 N–H and O–H groups in total. The van der Waals surface area contributed by atoms with Crippen LogP contribution >= 0.6 is 27.5 Å². The molecule has 0 aliphatic heterocycles. The zero-order valence-electron chi connectivity index (χ0n) is 18.2. The van der Waals surface area contributed by atoms with Gasteiger partial charge in [0.2, 0.25) is 0 Å². The predicted molar refractivity (Wildman–Crippen MR) is 133 cm³/mol. The minimum Gasteiger partial charge on any atom is -0.487 e. The van der Waals surface area contributed by atoms with Gasteiger partial charge in [0.15, 0.2) is 6.61 Å². The fourth-order valence-corrected chi connectivity index (χ4v) is 3.99. The van der Waals surface area contributed by atoms with E-state index in [0.717, 1.165) is 26.7 Å². The van der Waals surface area contributed by atoms with E-state index in [4.69, 9.17) is 26.8 Å².